The third-order valence-electron chi connectivity index (χ3n) is 6.61. The van der Waals surface area contributed by atoms with E-state index >= 15 is 0 Å². The summed E-state index contributed by atoms with van der Waals surface area (Å²) < 4.78 is 46.2. The highest BCUT2D eigenvalue weighted by Gasteiger charge is 2.31. The van der Waals surface area contributed by atoms with Gasteiger partial charge in [-0.15, -0.1) is 0 Å². The van der Waals surface area contributed by atoms with Crippen LogP contribution in [0.1, 0.15) is 38.8 Å². The lowest BCUT2D eigenvalue weighted by Gasteiger charge is -2.26. The fraction of sp³-hybridized carbons (Fsp3) is 0.233. The normalized spacial score (nSPS) is 15.9. The molecule has 3 aromatic rings. The number of ether oxygens (including phenoxy) is 1. The molecule has 1 unspecified atom stereocenters. The number of nitrogens with two attached hydrogens (primary N) is 1. The maximum atomic E-state index is 13.1. The molecule has 0 bridgehead atoms. The van der Waals surface area contributed by atoms with Gasteiger partial charge in [0.05, 0.1) is 12.2 Å². The fourth-order valence-electron chi connectivity index (χ4n) is 4.50. The molecule has 214 valence electrons. The Labute approximate surface area is 234 Å². The molecule has 8 nitrogen and oxygen atoms in total. The van der Waals surface area contributed by atoms with Crippen molar-refractivity contribution in [3.63, 3.8) is 0 Å². The summed E-state index contributed by atoms with van der Waals surface area (Å²) in [4.78, 5) is 36.2. The molecule has 2 aromatic carbocycles. The molecule has 0 saturated carbocycles. The van der Waals surface area contributed by atoms with E-state index in [-0.39, 0.29) is 29.8 Å². The number of nitrogens with one attached hydrogen (secondary N) is 2. The Morgan fingerprint density at radius 3 is 2.59 bits per heavy atom. The van der Waals surface area contributed by atoms with Crippen molar-refractivity contribution in [1.82, 2.24) is 15.2 Å². The lowest BCUT2D eigenvalue weighted by atomic mass is 9.97. The number of nitrogens with zero attached hydrogens (tertiary/aromatic N) is 1. The van der Waals surface area contributed by atoms with E-state index in [1.807, 2.05) is 24.3 Å². The number of carbonyl (C=O) groups is 2. The van der Waals surface area contributed by atoms with Gasteiger partial charge in [-0.3, -0.25) is 19.0 Å². The minimum absolute atomic E-state index is 0.0431. The Bertz CT molecular complexity index is 1560. The van der Waals surface area contributed by atoms with Crippen LogP contribution >= 0.6 is 0 Å². The zero-order valence-corrected chi connectivity index (χ0v) is 22.2. The zero-order valence-electron chi connectivity index (χ0n) is 22.2. The molecule has 2 aliphatic heterocycles. The summed E-state index contributed by atoms with van der Waals surface area (Å²) >= 11 is 0. The van der Waals surface area contributed by atoms with Gasteiger partial charge in [0.1, 0.15) is 11.7 Å². The maximum Gasteiger partial charge on any atom is 0.416 e. The van der Waals surface area contributed by atoms with Gasteiger partial charge in [0, 0.05) is 30.0 Å². The fourth-order valence-corrected chi connectivity index (χ4v) is 4.50. The van der Waals surface area contributed by atoms with Crippen molar-refractivity contribution in [2.75, 3.05) is 19.7 Å². The number of amides is 2. The average Bonchev–Trinajstić information content (AvgIpc) is 2.96. The van der Waals surface area contributed by atoms with Crippen molar-refractivity contribution in [3.05, 3.63) is 123 Å². The average molecular weight is 567 g/mol. The summed E-state index contributed by atoms with van der Waals surface area (Å²) in [6, 6.07) is 15.2. The molecule has 41 heavy (non-hydrogen) atoms. The number of halogens is 3. The monoisotopic (exact) mass is 566 g/mol. The van der Waals surface area contributed by atoms with E-state index in [1.54, 1.807) is 25.3 Å². The Morgan fingerprint density at radius 1 is 1.12 bits per heavy atom. The molecule has 0 fully saturated rings. The van der Waals surface area contributed by atoms with Gasteiger partial charge in [-0.25, -0.2) is 0 Å². The number of hydrogen-bond acceptors (Lipinski definition) is 5. The lowest BCUT2D eigenvalue weighted by molar-refractivity contribution is -0.137. The summed E-state index contributed by atoms with van der Waals surface area (Å²) in [6.45, 7) is 2.85. The van der Waals surface area contributed by atoms with Gasteiger partial charge in [-0.05, 0) is 67.1 Å². The van der Waals surface area contributed by atoms with Crippen LogP contribution in [0.4, 0.5) is 13.2 Å². The molecular weight excluding hydrogens is 537 g/mol. The van der Waals surface area contributed by atoms with Gasteiger partial charge < -0.3 is 21.1 Å². The highest BCUT2D eigenvalue weighted by Crippen LogP contribution is 2.30. The smallest absolute Gasteiger partial charge is 0.387 e. The summed E-state index contributed by atoms with van der Waals surface area (Å²) in [6.07, 6.45) is 1.15. The second kappa shape index (κ2) is 12.7. The Balaban J connectivity index is 0.000000367. The first-order chi connectivity index (χ1) is 19.6. The van der Waals surface area contributed by atoms with Crippen molar-refractivity contribution < 1.29 is 27.5 Å². The molecule has 1 aromatic heterocycles. The van der Waals surface area contributed by atoms with Crippen LogP contribution in [0.15, 0.2) is 89.4 Å². The molecule has 0 spiro atoms. The van der Waals surface area contributed by atoms with Crippen LogP contribution in [0.3, 0.4) is 0 Å². The molecule has 5 rings (SSSR count). The van der Waals surface area contributed by atoms with E-state index in [0.717, 1.165) is 34.2 Å². The number of carbonyl (C=O) groups excluding carboxylic acids is 2. The number of dihydropyridines is 1. The van der Waals surface area contributed by atoms with E-state index < -0.39 is 23.2 Å². The standard InChI is InChI=1S/C24H21F3N2O3.C6H8N2O/c1-15-9-10-20(23(31)29(15)18-7-4-6-17(13-18)24(25,26)27)22(30)28-14-21-19-8-3-2-5-16(19)11-12-32-21;7-6(9)5-2-1-3-8-4-5/h2-10,13,21H,11-12,14H2,1H3,(H,28,30);1-3,8H,4H2,(H2,7,9). The van der Waals surface area contributed by atoms with Crippen LogP contribution in [0.2, 0.25) is 0 Å². The highest BCUT2D eigenvalue weighted by molar-refractivity contribution is 5.94. The number of hydrogen-bond donors (Lipinski definition) is 3. The van der Waals surface area contributed by atoms with Crippen LogP contribution in [0, 0.1) is 6.92 Å². The Morgan fingerprint density at radius 2 is 1.90 bits per heavy atom. The number of aryl methyl sites for hydroxylation is 1. The van der Waals surface area contributed by atoms with Gasteiger partial charge in [-0.2, -0.15) is 13.2 Å². The van der Waals surface area contributed by atoms with Crippen molar-refractivity contribution in [1.29, 1.82) is 0 Å². The third-order valence-corrected chi connectivity index (χ3v) is 6.61. The van der Waals surface area contributed by atoms with Crippen LogP contribution in [0.5, 0.6) is 0 Å². The van der Waals surface area contributed by atoms with Crippen molar-refractivity contribution >= 4 is 11.8 Å². The van der Waals surface area contributed by atoms with E-state index in [0.29, 0.717) is 24.4 Å². The number of allylic oxidation sites excluding steroid dienone is 2. The first-order valence-corrected chi connectivity index (χ1v) is 12.8. The predicted octanol–water partition coefficient (Wildman–Crippen LogP) is 3.72. The number of alkyl halides is 3. The molecule has 11 heteroatoms. The summed E-state index contributed by atoms with van der Waals surface area (Å²) in [5.41, 5.74) is 6.49. The van der Waals surface area contributed by atoms with Gasteiger partial charge in [0.15, 0.2) is 0 Å². The van der Waals surface area contributed by atoms with Gasteiger partial charge in [0.2, 0.25) is 5.91 Å². The van der Waals surface area contributed by atoms with Gasteiger partial charge in [-0.1, -0.05) is 36.4 Å². The zero-order chi connectivity index (χ0) is 29.6. The lowest BCUT2D eigenvalue weighted by Crippen LogP contribution is -2.36. The number of aromatic nitrogens is 1. The quantitative estimate of drug-likeness (QED) is 0.436. The Hall–Kier alpha value is -4.64. The van der Waals surface area contributed by atoms with Crippen LogP contribution in [-0.4, -0.2) is 36.1 Å². The molecule has 0 radical (unpaired) electrons. The van der Waals surface area contributed by atoms with Crippen molar-refractivity contribution in [2.45, 2.75) is 25.6 Å². The van der Waals surface area contributed by atoms with E-state index in [1.165, 1.54) is 24.3 Å². The minimum Gasteiger partial charge on any atom is -0.387 e. The minimum atomic E-state index is -4.54. The SMILES string of the molecule is Cc1ccc(C(=O)NCC2OCCc3ccccc32)c(=O)n1-c1cccc(C(F)(F)F)c1.NC(=O)C1=CC=CNC1. The number of rotatable bonds is 5. The van der Waals surface area contributed by atoms with Crippen LogP contribution in [-0.2, 0) is 22.1 Å². The first-order valence-electron chi connectivity index (χ1n) is 12.8. The predicted molar refractivity (Wildman–Crippen MR) is 147 cm³/mol. The molecule has 3 heterocycles. The van der Waals surface area contributed by atoms with Crippen molar-refractivity contribution in [3.8, 4) is 5.69 Å². The van der Waals surface area contributed by atoms with Crippen LogP contribution < -0.4 is 21.9 Å². The Kier molecular flexibility index (Phi) is 9.08. The van der Waals surface area contributed by atoms with Gasteiger partial charge in [0.25, 0.3) is 11.5 Å². The molecule has 2 aliphatic rings. The summed E-state index contributed by atoms with van der Waals surface area (Å²) in [5.74, 6) is -0.964. The van der Waals surface area contributed by atoms with E-state index in [2.05, 4.69) is 10.6 Å². The molecule has 1 atom stereocenters. The number of primary amides is 1. The van der Waals surface area contributed by atoms with E-state index in [9.17, 15) is 27.6 Å². The van der Waals surface area contributed by atoms with Crippen LogP contribution in [0.25, 0.3) is 5.69 Å². The molecule has 0 saturated heterocycles. The third kappa shape index (κ3) is 7.12. The highest BCUT2D eigenvalue weighted by atomic mass is 19.4. The van der Waals surface area contributed by atoms with Gasteiger partial charge >= 0.3 is 6.18 Å². The molecular formula is C30H29F3N4O4. The number of benzene rings is 2. The largest absolute Gasteiger partial charge is 0.416 e. The topological polar surface area (TPSA) is 115 Å². The molecule has 0 aliphatic carbocycles. The number of fused-ring (bicyclic) bond motifs is 1. The van der Waals surface area contributed by atoms with E-state index in [4.69, 9.17) is 10.5 Å². The molecule has 4 N–H and O–H groups in total. The maximum absolute atomic E-state index is 13.1. The second-order valence-electron chi connectivity index (χ2n) is 9.39. The molecule has 2 amide bonds. The van der Waals surface area contributed by atoms with Crippen molar-refractivity contribution in [2.24, 2.45) is 5.73 Å². The summed E-state index contributed by atoms with van der Waals surface area (Å²) in [7, 11) is 0. The first kappa shape index (κ1) is 29.3. The second-order valence-corrected chi connectivity index (χ2v) is 9.39. The number of pyridine rings is 1. The summed E-state index contributed by atoms with van der Waals surface area (Å²) in [5, 5.41) is 5.59.